The average Bonchev–Trinajstić information content (AvgIpc) is 3.19. The van der Waals surface area contributed by atoms with Crippen LogP contribution in [0.3, 0.4) is 0 Å². The Kier molecular flexibility index (Phi) is 4.79. The maximum atomic E-state index is 12.8. The van der Waals surface area contributed by atoms with E-state index in [1.54, 1.807) is 7.11 Å². The third-order valence-corrected chi connectivity index (χ3v) is 5.74. The van der Waals surface area contributed by atoms with Gasteiger partial charge in [0.25, 0.3) is 0 Å². The van der Waals surface area contributed by atoms with E-state index in [2.05, 4.69) is 36.5 Å². The number of hydrogen-bond acceptors (Lipinski definition) is 3. The number of benzene rings is 3. The number of ether oxygens (including phenoxy) is 1. The van der Waals surface area contributed by atoms with Crippen molar-refractivity contribution in [2.75, 3.05) is 12.4 Å². The number of methoxy groups -OCH3 is 1. The van der Waals surface area contributed by atoms with Crippen LogP contribution in [0.5, 0.6) is 5.75 Å². The van der Waals surface area contributed by atoms with Crippen LogP contribution in [0, 0.1) is 6.92 Å². The SMILES string of the molecule is COc1cccc(C2CC(=O)Nc3c2c(-c2ccccc2)nn3-c2ccc(C)cc2)c1. The van der Waals surface area contributed by atoms with E-state index in [9.17, 15) is 4.79 Å². The van der Waals surface area contributed by atoms with Crippen molar-refractivity contribution in [3.63, 3.8) is 0 Å². The number of nitrogens with zero attached hydrogens (tertiary/aromatic N) is 2. The topological polar surface area (TPSA) is 56.1 Å². The first kappa shape index (κ1) is 19.1. The van der Waals surface area contributed by atoms with Gasteiger partial charge >= 0.3 is 0 Å². The van der Waals surface area contributed by atoms with Crippen molar-refractivity contribution in [3.05, 3.63) is 95.6 Å². The summed E-state index contributed by atoms with van der Waals surface area (Å²) < 4.78 is 7.29. The molecule has 2 heterocycles. The zero-order valence-corrected chi connectivity index (χ0v) is 17.5. The Morgan fingerprint density at radius 3 is 2.52 bits per heavy atom. The number of aryl methyl sites for hydroxylation is 1. The Morgan fingerprint density at radius 2 is 1.77 bits per heavy atom. The molecule has 1 unspecified atom stereocenters. The summed E-state index contributed by atoms with van der Waals surface area (Å²) in [5.41, 5.74) is 6.05. The molecule has 0 fully saturated rings. The molecule has 5 nitrogen and oxygen atoms in total. The molecule has 0 saturated carbocycles. The molecule has 1 aliphatic heterocycles. The zero-order valence-electron chi connectivity index (χ0n) is 17.5. The van der Waals surface area contributed by atoms with Gasteiger partial charge < -0.3 is 10.1 Å². The molecule has 1 aliphatic rings. The number of nitrogens with one attached hydrogen (secondary N) is 1. The molecule has 31 heavy (non-hydrogen) atoms. The number of amides is 1. The van der Waals surface area contributed by atoms with Crippen molar-refractivity contribution < 1.29 is 9.53 Å². The largest absolute Gasteiger partial charge is 0.497 e. The summed E-state index contributed by atoms with van der Waals surface area (Å²) in [6.45, 7) is 2.05. The lowest BCUT2D eigenvalue weighted by atomic mass is 9.84. The number of rotatable bonds is 4. The van der Waals surface area contributed by atoms with Gasteiger partial charge in [-0.2, -0.15) is 5.10 Å². The highest BCUT2D eigenvalue weighted by Gasteiger charge is 2.34. The van der Waals surface area contributed by atoms with E-state index in [-0.39, 0.29) is 11.8 Å². The number of aromatic nitrogens is 2. The van der Waals surface area contributed by atoms with E-state index in [0.29, 0.717) is 6.42 Å². The summed E-state index contributed by atoms with van der Waals surface area (Å²) in [5.74, 6) is 1.37. The predicted molar refractivity (Wildman–Crippen MR) is 122 cm³/mol. The van der Waals surface area contributed by atoms with Crippen molar-refractivity contribution in [2.45, 2.75) is 19.3 Å². The lowest BCUT2D eigenvalue weighted by Gasteiger charge is -2.25. The average molecular weight is 409 g/mol. The lowest BCUT2D eigenvalue weighted by Crippen LogP contribution is -2.24. The van der Waals surface area contributed by atoms with Crippen LogP contribution in [-0.4, -0.2) is 22.8 Å². The molecule has 1 atom stereocenters. The summed E-state index contributed by atoms with van der Waals surface area (Å²) in [6, 6.07) is 26.2. The maximum Gasteiger partial charge on any atom is 0.226 e. The zero-order chi connectivity index (χ0) is 21.4. The number of anilines is 1. The van der Waals surface area contributed by atoms with Gasteiger partial charge in [-0.1, -0.05) is 60.2 Å². The summed E-state index contributed by atoms with van der Waals surface area (Å²) in [7, 11) is 1.66. The molecule has 1 amide bonds. The minimum Gasteiger partial charge on any atom is -0.497 e. The fourth-order valence-corrected chi connectivity index (χ4v) is 4.18. The van der Waals surface area contributed by atoms with Gasteiger partial charge in [-0.25, -0.2) is 4.68 Å². The summed E-state index contributed by atoms with van der Waals surface area (Å²) in [4.78, 5) is 12.8. The van der Waals surface area contributed by atoms with Crippen molar-refractivity contribution in [1.29, 1.82) is 0 Å². The number of carbonyl (C=O) groups is 1. The lowest BCUT2D eigenvalue weighted by molar-refractivity contribution is -0.116. The second kappa shape index (κ2) is 7.76. The Hall–Kier alpha value is -3.86. The first-order valence-electron chi connectivity index (χ1n) is 10.3. The highest BCUT2D eigenvalue weighted by molar-refractivity contribution is 5.96. The first-order valence-corrected chi connectivity index (χ1v) is 10.3. The highest BCUT2D eigenvalue weighted by atomic mass is 16.5. The molecule has 0 radical (unpaired) electrons. The molecule has 5 heteroatoms. The number of hydrogen-bond donors (Lipinski definition) is 1. The molecule has 154 valence electrons. The van der Waals surface area contributed by atoms with E-state index in [1.807, 2.05) is 59.3 Å². The monoisotopic (exact) mass is 409 g/mol. The van der Waals surface area contributed by atoms with Gasteiger partial charge in [-0.05, 0) is 36.8 Å². The third-order valence-electron chi connectivity index (χ3n) is 5.74. The second-order valence-corrected chi connectivity index (χ2v) is 7.81. The van der Waals surface area contributed by atoms with Crippen molar-refractivity contribution in [3.8, 4) is 22.7 Å². The molecule has 0 aliphatic carbocycles. The van der Waals surface area contributed by atoms with Gasteiger partial charge in [0.05, 0.1) is 18.5 Å². The predicted octanol–water partition coefficient (Wildman–Crippen LogP) is 5.33. The van der Waals surface area contributed by atoms with Gasteiger partial charge in [0.2, 0.25) is 5.91 Å². The van der Waals surface area contributed by atoms with Gasteiger partial charge in [0.1, 0.15) is 11.6 Å². The fraction of sp³-hybridized carbons (Fsp3) is 0.154. The Morgan fingerprint density at radius 1 is 1.00 bits per heavy atom. The Labute approximate surface area is 181 Å². The minimum atomic E-state index is -0.117. The van der Waals surface area contributed by atoms with Crippen LogP contribution in [0.25, 0.3) is 16.9 Å². The van der Waals surface area contributed by atoms with E-state index >= 15 is 0 Å². The smallest absolute Gasteiger partial charge is 0.226 e. The molecule has 4 aromatic rings. The van der Waals surface area contributed by atoms with Crippen LogP contribution in [-0.2, 0) is 4.79 Å². The summed E-state index contributed by atoms with van der Waals surface area (Å²) in [6.07, 6.45) is 0.361. The van der Waals surface area contributed by atoms with Crippen LogP contribution in [0.15, 0.2) is 78.9 Å². The molecular formula is C26H23N3O2. The molecule has 5 rings (SSSR count). The van der Waals surface area contributed by atoms with Gasteiger partial charge in [-0.15, -0.1) is 0 Å². The van der Waals surface area contributed by atoms with E-state index in [1.165, 1.54) is 5.56 Å². The van der Waals surface area contributed by atoms with Gasteiger partial charge in [0, 0.05) is 23.5 Å². The quantitative estimate of drug-likeness (QED) is 0.496. The fourth-order valence-electron chi connectivity index (χ4n) is 4.18. The van der Waals surface area contributed by atoms with Gasteiger partial charge in [-0.3, -0.25) is 4.79 Å². The Balaban J connectivity index is 1.76. The molecule has 1 aromatic heterocycles. The second-order valence-electron chi connectivity index (χ2n) is 7.81. The molecule has 0 bridgehead atoms. The summed E-state index contributed by atoms with van der Waals surface area (Å²) in [5, 5.41) is 8.08. The van der Waals surface area contributed by atoms with Crippen LogP contribution < -0.4 is 10.1 Å². The van der Waals surface area contributed by atoms with Crippen LogP contribution in [0.4, 0.5) is 5.82 Å². The van der Waals surface area contributed by atoms with Crippen molar-refractivity contribution in [2.24, 2.45) is 0 Å². The number of fused-ring (bicyclic) bond motifs is 1. The van der Waals surface area contributed by atoms with Crippen LogP contribution >= 0.6 is 0 Å². The molecule has 0 spiro atoms. The van der Waals surface area contributed by atoms with Crippen LogP contribution in [0.1, 0.15) is 29.0 Å². The Bertz CT molecular complexity index is 1240. The summed E-state index contributed by atoms with van der Waals surface area (Å²) >= 11 is 0. The van der Waals surface area contributed by atoms with Crippen molar-refractivity contribution >= 4 is 11.7 Å². The first-order chi connectivity index (χ1) is 15.1. The molecule has 1 N–H and O–H groups in total. The van der Waals surface area contributed by atoms with E-state index in [4.69, 9.17) is 9.84 Å². The standard InChI is InChI=1S/C26H23N3O2/c1-17-11-13-20(14-12-17)29-26-24(25(28-29)18-7-4-3-5-8-18)22(16-23(30)27-26)19-9-6-10-21(15-19)31-2/h3-15,22H,16H2,1-2H3,(H,27,30). The molecule has 0 saturated heterocycles. The van der Waals surface area contributed by atoms with Crippen LogP contribution in [0.2, 0.25) is 0 Å². The third kappa shape index (κ3) is 3.48. The minimum absolute atomic E-state index is 0.0202. The van der Waals surface area contributed by atoms with Gasteiger partial charge in [0.15, 0.2) is 0 Å². The number of carbonyl (C=O) groups excluding carboxylic acids is 1. The van der Waals surface area contributed by atoms with E-state index in [0.717, 1.165) is 39.6 Å². The van der Waals surface area contributed by atoms with E-state index < -0.39 is 0 Å². The maximum absolute atomic E-state index is 12.8. The normalized spacial score (nSPS) is 15.3. The van der Waals surface area contributed by atoms with Crippen molar-refractivity contribution in [1.82, 2.24) is 9.78 Å². The highest BCUT2D eigenvalue weighted by Crippen LogP contribution is 2.44. The molecule has 3 aromatic carbocycles. The molecular weight excluding hydrogens is 386 g/mol.